The summed E-state index contributed by atoms with van der Waals surface area (Å²) in [4.78, 5) is 22.4. The summed E-state index contributed by atoms with van der Waals surface area (Å²) >= 11 is 0. The van der Waals surface area contributed by atoms with Crippen molar-refractivity contribution in [3.63, 3.8) is 0 Å². The lowest BCUT2D eigenvalue weighted by atomic mass is 9.78. The predicted molar refractivity (Wildman–Crippen MR) is 46.3 cm³/mol. The second-order valence-electron chi connectivity index (χ2n) is 4.05. The van der Waals surface area contributed by atoms with Crippen molar-refractivity contribution >= 4 is 11.6 Å². The van der Waals surface area contributed by atoms with E-state index >= 15 is 0 Å². The summed E-state index contributed by atoms with van der Waals surface area (Å²) in [5, 5.41) is 0. The number of hydrogen-bond donors (Lipinski definition) is 0. The molecule has 1 saturated carbocycles. The summed E-state index contributed by atoms with van der Waals surface area (Å²) < 4.78 is 5.26. The largest absolute Gasteiger partial charge is 0.381 e. The topological polar surface area (TPSA) is 43.4 Å². The Bertz CT molecular complexity index is 212. The molecule has 0 aromatic carbocycles. The van der Waals surface area contributed by atoms with E-state index in [1.807, 2.05) is 0 Å². The highest BCUT2D eigenvalue weighted by Crippen LogP contribution is 2.31. The average Bonchev–Trinajstić information content (AvgIpc) is 2.53. The molecule has 0 amide bonds. The molecule has 1 heterocycles. The average molecular weight is 182 g/mol. The van der Waals surface area contributed by atoms with E-state index in [0.29, 0.717) is 18.8 Å². The summed E-state index contributed by atoms with van der Waals surface area (Å²) in [5.74, 6) is 0.964. The monoisotopic (exact) mass is 182 g/mol. The predicted octanol–water partition coefficient (Wildman–Crippen LogP) is 0.961. The van der Waals surface area contributed by atoms with Crippen LogP contribution in [0.1, 0.15) is 25.7 Å². The van der Waals surface area contributed by atoms with Gasteiger partial charge in [-0.15, -0.1) is 0 Å². The fraction of sp³-hybridized carbons (Fsp3) is 0.800. The molecular weight excluding hydrogens is 168 g/mol. The first-order valence-corrected chi connectivity index (χ1v) is 4.87. The van der Waals surface area contributed by atoms with E-state index in [0.717, 1.165) is 19.6 Å². The van der Waals surface area contributed by atoms with E-state index in [2.05, 4.69) is 0 Å². The van der Waals surface area contributed by atoms with Gasteiger partial charge in [-0.2, -0.15) is 0 Å². The van der Waals surface area contributed by atoms with Crippen molar-refractivity contribution in [2.75, 3.05) is 13.2 Å². The number of Topliss-reactive ketones (excluding diaryl/α,β-unsaturated/α-hetero) is 2. The zero-order valence-corrected chi connectivity index (χ0v) is 7.62. The Hall–Kier alpha value is -0.700. The van der Waals surface area contributed by atoms with Crippen molar-refractivity contribution in [2.45, 2.75) is 25.7 Å². The highest BCUT2D eigenvalue weighted by atomic mass is 16.5. The van der Waals surface area contributed by atoms with Gasteiger partial charge in [0.25, 0.3) is 0 Å². The fourth-order valence-electron chi connectivity index (χ4n) is 2.28. The van der Waals surface area contributed by atoms with E-state index in [1.165, 1.54) is 0 Å². The summed E-state index contributed by atoms with van der Waals surface area (Å²) in [6, 6.07) is 0. The van der Waals surface area contributed by atoms with E-state index in [9.17, 15) is 9.59 Å². The normalized spacial score (nSPS) is 31.2. The zero-order valence-electron chi connectivity index (χ0n) is 7.62. The molecule has 1 aliphatic carbocycles. The molecule has 1 aliphatic heterocycles. The van der Waals surface area contributed by atoms with Crippen molar-refractivity contribution in [1.82, 2.24) is 0 Å². The van der Waals surface area contributed by atoms with Gasteiger partial charge in [-0.25, -0.2) is 0 Å². The van der Waals surface area contributed by atoms with Gasteiger partial charge in [0.05, 0.1) is 6.42 Å². The smallest absolute Gasteiger partial charge is 0.140 e. The summed E-state index contributed by atoms with van der Waals surface area (Å²) in [5.41, 5.74) is 0. The number of ether oxygens (including phenoxy) is 1. The Morgan fingerprint density at radius 2 is 1.77 bits per heavy atom. The Morgan fingerprint density at radius 1 is 1.08 bits per heavy atom. The maximum Gasteiger partial charge on any atom is 0.140 e. The number of carbonyl (C=O) groups excluding carboxylic acids is 2. The summed E-state index contributed by atoms with van der Waals surface area (Å²) in [6.07, 6.45) is 2.38. The lowest BCUT2D eigenvalue weighted by molar-refractivity contribution is -0.132. The second kappa shape index (κ2) is 3.58. The van der Waals surface area contributed by atoms with Gasteiger partial charge >= 0.3 is 0 Å². The van der Waals surface area contributed by atoms with E-state index < -0.39 is 0 Å². The van der Waals surface area contributed by atoms with Crippen molar-refractivity contribution in [2.24, 2.45) is 11.8 Å². The molecule has 0 bridgehead atoms. The lowest BCUT2D eigenvalue weighted by Gasteiger charge is -2.24. The Morgan fingerprint density at radius 3 is 2.31 bits per heavy atom. The van der Waals surface area contributed by atoms with Gasteiger partial charge in [0, 0.05) is 26.1 Å². The van der Waals surface area contributed by atoms with Crippen molar-refractivity contribution in [3.8, 4) is 0 Å². The van der Waals surface area contributed by atoms with Gasteiger partial charge in [0.15, 0.2) is 0 Å². The molecule has 72 valence electrons. The molecule has 3 nitrogen and oxygen atoms in total. The molecule has 1 atom stereocenters. The van der Waals surface area contributed by atoms with Crippen molar-refractivity contribution in [1.29, 1.82) is 0 Å². The van der Waals surface area contributed by atoms with Crippen molar-refractivity contribution < 1.29 is 14.3 Å². The number of ketones is 2. The third kappa shape index (κ3) is 1.97. The van der Waals surface area contributed by atoms with Crippen molar-refractivity contribution in [3.05, 3.63) is 0 Å². The fourth-order valence-corrected chi connectivity index (χ4v) is 2.28. The molecule has 3 heteroatoms. The molecule has 2 aliphatic rings. The van der Waals surface area contributed by atoms with Gasteiger partial charge in [-0.3, -0.25) is 9.59 Å². The van der Waals surface area contributed by atoms with Crippen LogP contribution in [0.15, 0.2) is 0 Å². The van der Waals surface area contributed by atoms with Crippen LogP contribution in [-0.2, 0) is 14.3 Å². The first-order valence-electron chi connectivity index (χ1n) is 4.87. The maximum absolute atomic E-state index is 11.2. The molecule has 0 spiro atoms. The zero-order chi connectivity index (χ0) is 9.26. The molecule has 0 N–H and O–H groups in total. The standard InChI is InChI=1S/C10H14O3/c11-9-3-8(4-10(12)5-9)7-1-2-13-6-7/h7-8H,1-6H2. The Kier molecular flexibility index (Phi) is 2.44. The maximum atomic E-state index is 11.2. The van der Waals surface area contributed by atoms with Gasteiger partial charge in [-0.1, -0.05) is 0 Å². The van der Waals surface area contributed by atoms with Gasteiger partial charge < -0.3 is 4.74 Å². The molecule has 0 aromatic heterocycles. The number of carbonyl (C=O) groups is 2. The minimum Gasteiger partial charge on any atom is -0.381 e. The summed E-state index contributed by atoms with van der Waals surface area (Å²) in [7, 11) is 0. The first-order chi connectivity index (χ1) is 6.25. The van der Waals surface area contributed by atoms with Crippen LogP contribution < -0.4 is 0 Å². The van der Waals surface area contributed by atoms with Crippen LogP contribution in [0.5, 0.6) is 0 Å². The van der Waals surface area contributed by atoms with Gasteiger partial charge in [-0.05, 0) is 18.3 Å². The van der Waals surface area contributed by atoms with Crippen LogP contribution in [0.2, 0.25) is 0 Å². The number of rotatable bonds is 1. The minimum atomic E-state index is 0.119. The van der Waals surface area contributed by atoms with Crippen LogP contribution in [0, 0.1) is 11.8 Å². The van der Waals surface area contributed by atoms with Crippen LogP contribution in [0.3, 0.4) is 0 Å². The lowest BCUT2D eigenvalue weighted by Crippen LogP contribution is -2.28. The van der Waals surface area contributed by atoms with E-state index in [-0.39, 0.29) is 23.9 Å². The Labute approximate surface area is 77.4 Å². The molecule has 0 aromatic rings. The van der Waals surface area contributed by atoms with Crippen LogP contribution >= 0.6 is 0 Å². The van der Waals surface area contributed by atoms with Gasteiger partial charge in [0.2, 0.25) is 0 Å². The highest BCUT2D eigenvalue weighted by Gasteiger charge is 2.33. The van der Waals surface area contributed by atoms with E-state index in [4.69, 9.17) is 4.74 Å². The third-order valence-electron chi connectivity index (χ3n) is 3.01. The van der Waals surface area contributed by atoms with Crippen LogP contribution in [0.4, 0.5) is 0 Å². The summed E-state index contributed by atoms with van der Waals surface area (Å²) in [6.45, 7) is 1.54. The molecular formula is C10H14O3. The van der Waals surface area contributed by atoms with Gasteiger partial charge in [0.1, 0.15) is 11.6 Å². The Balaban J connectivity index is 1.97. The SMILES string of the molecule is O=C1CC(=O)CC(C2CCOC2)C1. The molecule has 1 saturated heterocycles. The molecule has 1 unspecified atom stereocenters. The molecule has 0 radical (unpaired) electrons. The van der Waals surface area contributed by atoms with Crippen LogP contribution in [0.25, 0.3) is 0 Å². The molecule has 2 rings (SSSR count). The minimum absolute atomic E-state index is 0.119. The third-order valence-corrected chi connectivity index (χ3v) is 3.01. The first kappa shape index (κ1) is 8.88. The second-order valence-corrected chi connectivity index (χ2v) is 4.05. The van der Waals surface area contributed by atoms with E-state index in [1.54, 1.807) is 0 Å². The van der Waals surface area contributed by atoms with Crippen LogP contribution in [-0.4, -0.2) is 24.8 Å². The highest BCUT2D eigenvalue weighted by molar-refractivity contribution is 6.01. The quantitative estimate of drug-likeness (QED) is 0.567. The molecule has 13 heavy (non-hydrogen) atoms. The molecule has 2 fully saturated rings. The number of hydrogen-bond acceptors (Lipinski definition) is 3.